The second-order valence-corrected chi connectivity index (χ2v) is 8.55. The molecule has 1 aliphatic heterocycles. The average Bonchev–Trinajstić information content (AvgIpc) is 3.32. The van der Waals surface area contributed by atoms with Gasteiger partial charge in [0.2, 0.25) is 5.91 Å². The van der Waals surface area contributed by atoms with Crippen LogP contribution in [0.15, 0.2) is 53.9 Å². The van der Waals surface area contributed by atoms with E-state index >= 15 is 0 Å². The van der Waals surface area contributed by atoms with Crippen LogP contribution in [0.2, 0.25) is 0 Å². The van der Waals surface area contributed by atoms with Crippen LogP contribution in [0.4, 0.5) is 13.9 Å². The van der Waals surface area contributed by atoms with Gasteiger partial charge in [0.15, 0.2) is 5.13 Å². The SMILES string of the molecule is COc1ccccc1-c1csc(NC(=O)C2CCCN(C(=O)c3ccccc3OC(F)F)C2)n1. The van der Waals surface area contributed by atoms with Crippen molar-refractivity contribution in [2.24, 2.45) is 5.92 Å². The van der Waals surface area contributed by atoms with Crippen molar-refractivity contribution >= 4 is 28.3 Å². The topological polar surface area (TPSA) is 80.8 Å². The van der Waals surface area contributed by atoms with Gasteiger partial charge in [-0.3, -0.25) is 9.59 Å². The van der Waals surface area contributed by atoms with Gasteiger partial charge in [-0.05, 0) is 37.1 Å². The minimum Gasteiger partial charge on any atom is -0.496 e. The fourth-order valence-electron chi connectivity index (χ4n) is 3.91. The molecule has 10 heteroatoms. The first kappa shape index (κ1) is 23.6. The number of hydrogen-bond acceptors (Lipinski definition) is 6. The minimum absolute atomic E-state index is 0.0465. The fraction of sp³-hybridized carbons (Fsp3) is 0.292. The highest BCUT2D eigenvalue weighted by Gasteiger charge is 2.30. The van der Waals surface area contributed by atoms with E-state index in [1.807, 2.05) is 29.6 Å². The van der Waals surface area contributed by atoms with Crippen LogP contribution in [0, 0.1) is 5.92 Å². The molecule has 1 aliphatic rings. The second kappa shape index (κ2) is 10.6. The number of piperidine rings is 1. The number of benzene rings is 2. The lowest BCUT2D eigenvalue weighted by Crippen LogP contribution is -2.43. The molecule has 1 aromatic heterocycles. The molecule has 2 aromatic carbocycles. The normalized spacial score (nSPS) is 15.8. The molecule has 0 radical (unpaired) electrons. The van der Waals surface area contributed by atoms with E-state index in [-0.39, 0.29) is 23.8 Å². The zero-order valence-electron chi connectivity index (χ0n) is 18.4. The second-order valence-electron chi connectivity index (χ2n) is 7.69. The number of halogens is 2. The third-order valence-corrected chi connectivity index (χ3v) is 6.29. The number of thiazole rings is 1. The van der Waals surface area contributed by atoms with Crippen molar-refractivity contribution < 1.29 is 27.8 Å². The van der Waals surface area contributed by atoms with Crippen LogP contribution >= 0.6 is 11.3 Å². The van der Waals surface area contributed by atoms with Crippen LogP contribution in [0.1, 0.15) is 23.2 Å². The molecule has 0 aliphatic carbocycles. The first-order chi connectivity index (χ1) is 16.5. The van der Waals surface area contributed by atoms with Crippen LogP contribution in [-0.4, -0.2) is 48.5 Å². The molecule has 2 heterocycles. The maximum atomic E-state index is 13.0. The molecule has 3 aromatic rings. The number of carbonyl (C=O) groups excluding carboxylic acids is 2. The number of anilines is 1. The summed E-state index contributed by atoms with van der Waals surface area (Å²) in [5.74, 6) is -0.625. The Labute approximate surface area is 199 Å². The summed E-state index contributed by atoms with van der Waals surface area (Å²) >= 11 is 1.30. The molecule has 1 N–H and O–H groups in total. The van der Waals surface area contributed by atoms with Gasteiger partial charge in [-0.15, -0.1) is 11.3 Å². The van der Waals surface area contributed by atoms with Gasteiger partial charge in [0.25, 0.3) is 5.91 Å². The third kappa shape index (κ3) is 5.33. The molecule has 7 nitrogen and oxygen atoms in total. The minimum atomic E-state index is -3.03. The molecule has 0 bridgehead atoms. The Morgan fingerprint density at radius 2 is 1.88 bits per heavy atom. The zero-order valence-corrected chi connectivity index (χ0v) is 19.2. The molecule has 1 fully saturated rings. The Morgan fingerprint density at radius 1 is 1.15 bits per heavy atom. The number of ether oxygens (including phenoxy) is 2. The summed E-state index contributed by atoms with van der Waals surface area (Å²) in [6.45, 7) is -2.42. The highest BCUT2D eigenvalue weighted by atomic mass is 32.1. The smallest absolute Gasteiger partial charge is 0.387 e. The van der Waals surface area contributed by atoms with E-state index in [1.54, 1.807) is 13.2 Å². The van der Waals surface area contributed by atoms with Crippen LogP contribution in [0.3, 0.4) is 0 Å². The largest absolute Gasteiger partial charge is 0.496 e. The molecule has 1 atom stereocenters. The molecule has 0 saturated carbocycles. The van der Waals surface area contributed by atoms with Gasteiger partial charge in [-0.2, -0.15) is 8.78 Å². The molecule has 0 spiro atoms. The molecule has 34 heavy (non-hydrogen) atoms. The van der Waals surface area contributed by atoms with Crippen molar-refractivity contribution in [3.8, 4) is 22.8 Å². The predicted octanol–water partition coefficient (Wildman–Crippen LogP) is 4.91. The monoisotopic (exact) mass is 487 g/mol. The van der Waals surface area contributed by atoms with Crippen molar-refractivity contribution in [3.05, 3.63) is 59.5 Å². The number of alkyl halides is 2. The number of carbonyl (C=O) groups is 2. The zero-order chi connectivity index (χ0) is 24.1. The summed E-state index contributed by atoms with van der Waals surface area (Å²) in [4.78, 5) is 31.9. The molecular formula is C24H23F2N3O4S. The summed E-state index contributed by atoms with van der Waals surface area (Å²) < 4.78 is 35.3. The molecular weight excluding hydrogens is 464 g/mol. The number of para-hydroxylation sites is 2. The summed E-state index contributed by atoms with van der Waals surface area (Å²) in [5, 5.41) is 5.13. The predicted molar refractivity (Wildman–Crippen MR) is 124 cm³/mol. The lowest BCUT2D eigenvalue weighted by atomic mass is 9.96. The van der Waals surface area contributed by atoms with Crippen molar-refractivity contribution in [1.82, 2.24) is 9.88 Å². The standard InChI is InChI=1S/C24H23F2N3O4S/c1-32-19-10-4-2-8-16(19)18-14-34-24(27-18)28-21(30)15-7-6-12-29(13-15)22(31)17-9-3-5-11-20(17)33-23(25)26/h2-5,8-11,14-15,23H,6-7,12-13H2,1H3,(H,27,28,30). The van der Waals surface area contributed by atoms with Crippen LogP contribution < -0.4 is 14.8 Å². The first-order valence-electron chi connectivity index (χ1n) is 10.7. The number of methoxy groups -OCH3 is 1. The van der Waals surface area contributed by atoms with Gasteiger partial charge < -0.3 is 19.7 Å². The number of likely N-dealkylation sites (tertiary alicyclic amines) is 1. The highest BCUT2D eigenvalue weighted by Crippen LogP contribution is 2.32. The Bertz CT molecular complexity index is 1170. The number of nitrogens with one attached hydrogen (secondary N) is 1. The van der Waals surface area contributed by atoms with Crippen molar-refractivity contribution in [2.75, 3.05) is 25.5 Å². The summed E-state index contributed by atoms with van der Waals surface area (Å²) in [6.07, 6.45) is 1.22. The quantitative estimate of drug-likeness (QED) is 0.512. The number of hydrogen-bond donors (Lipinski definition) is 1. The molecule has 178 valence electrons. The van der Waals surface area contributed by atoms with Crippen molar-refractivity contribution in [2.45, 2.75) is 19.5 Å². The number of nitrogens with zero attached hydrogens (tertiary/aromatic N) is 2. The van der Waals surface area contributed by atoms with Gasteiger partial charge in [-0.25, -0.2) is 4.98 Å². The summed E-state index contributed by atoms with van der Waals surface area (Å²) in [5.41, 5.74) is 1.56. The number of rotatable bonds is 7. The molecule has 1 saturated heterocycles. The summed E-state index contributed by atoms with van der Waals surface area (Å²) in [7, 11) is 1.59. The van der Waals surface area contributed by atoms with Crippen molar-refractivity contribution in [3.63, 3.8) is 0 Å². The summed E-state index contributed by atoms with van der Waals surface area (Å²) in [6, 6.07) is 13.4. The maximum Gasteiger partial charge on any atom is 0.387 e. The van der Waals surface area contributed by atoms with E-state index in [4.69, 9.17) is 4.74 Å². The van der Waals surface area contributed by atoms with Gasteiger partial charge in [-0.1, -0.05) is 24.3 Å². The first-order valence-corrected chi connectivity index (χ1v) is 11.6. The van der Waals surface area contributed by atoms with Gasteiger partial charge in [0.1, 0.15) is 11.5 Å². The number of aromatic nitrogens is 1. The number of amides is 2. The Morgan fingerprint density at radius 3 is 2.65 bits per heavy atom. The third-order valence-electron chi connectivity index (χ3n) is 5.53. The van der Waals surface area contributed by atoms with Crippen molar-refractivity contribution in [1.29, 1.82) is 0 Å². The fourth-order valence-corrected chi connectivity index (χ4v) is 4.62. The van der Waals surface area contributed by atoms with Crippen LogP contribution in [0.5, 0.6) is 11.5 Å². The van der Waals surface area contributed by atoms with E-state index < -0.39 is 18.4 Å². The van der Waals surface area contributed by atoms with Gasteiger partial charge in [0, 0.05) is 24.0 Å². The van der Waals surface area contributed by atoms with E-state index in [9.17, 15) is 18.4 Å². The van der Waals surface area contributed by atoms with Crippen LogP contribution in [-0.2, 0) is 4.79 Å². The Hall–Kier alpha value is -3.53. The molecule has 2 amide bonds. The lowest BCUT2D eigenvalue weighted by Gasteiger charge is -2.32. The average molecular weight is 488 g/mol. The van der Waals surface area contributed by atoms with E-state index in [0.717, 1.165) is 5.56 Å². The lowest BCUT2D eigenvalue weighted by molar-refractivity contribution is -0.121. The Balaban J connectivity index is 1.43. The highest BCUT2D eigenvalue weighted by molar-refractivity contribution is 7.14. The van der Waals surface area contributed by atoms with Gasteiger partial charge >= 0.3 is 6.61 Å². The Kier molecular flexibility index (Phi) is 7.36. The van der Waals surface area contributed by atoms with Crippen LogP contribution in [0.25, 0.3) is 11.3 Å². The van der Waals surface area contributed by atoms with E-state index in [2.05, 4.69) is 15.0 Å². The molecule has 1 unspecified atom stereocenters. The van der Waals surface area contributed by atoms with E-state index in [0.29, 0.717) is 36.0 Å². The van der Waals surface area contributed by atoms with E-state index in [1.165, 1.54) is 34.4 Å². The molecule has 4 rings (SSSR count). The maximum absolute atomic E-state index is 13.0. The van der Waals surface area contributed by atoms with Gasteiger partial charge in [0.05, 0.1) is 24.3 Å².